The Morgan fingerprint density at radius 1 is 1.38 bits per heavy atom. The topological polar surface area (TPSA) is 66.4 Å². The molecule has 92 valence electrons. The van der Waals surface area contributed by atoms with E-state index < -0.39 is 11.9 Å². The Bertz CT molecular complexity index is 258. The molecule has 0 saturated heterocycles. The van der Waals surface area contributed by atoms with Crippen LogP contribution < -0.4 is 5.32 Å². The van der Waals surface area contributed by atoms with Crippen molar-refractivity contribution in [3.63, 3.8) is 0 Å². The molecule has 1 aliphatic rings. The summed E-state index contributed by atoms with van der Waals surface area (Å²) in [4.78, 5) is 22.7. The van der Waals surface area contributed by atoms with E-state index in [1.54, 1.807) is 11.8 Å². The van der Waals surface area contributed by atoms with Crippen molar-refractivity contribution in [1.29, 1.82) is 0 Å². The summed E-state index contributed by atoms with van der Waals surface area (Å²) in [6.07, 6.45) is 5.17. The van der Waals surface area contributed by atoms with Gasteiger partial charge in [0.2, 0.25) is 5.91 Å². The largest absolute Gasteiger partial charge is 0.481 e. The van der Waals surface area contributed by atoms with E-state index in [0.29, 0.717) is 19.4 Å². The molecule has 1 rings (SSSR count). The highest BCUT2D eigenvalue weighted by Crippen LogP contribution is 2.31. The van der Waals surface area contributed by atoms with Crippen molar-refractivity contribution >= 4 is 23.6 Å². The predicted molar refractivity (Wildman–Crippen MR) is 64.5 cm³/mol. The molecule has 0 aromatic heterocycles. The zero-order chi connectivity index (χ0) is 12.0. The number of thioether (sulfide) groups is 1. The lowest BCUT2D eigenvalue weighted by molar-refractivity contribution is -0.146. The van der Waals surface area contributed by atoms with E-state index in [4.69, 9.17) is 5.11 Å². The van der Waals surface area contributed by atoms with E-state index in [-0.39, 0.29) is 11.8 Å². The SMILES string of the molecule is CSCCCNC(=O)C1CCCC1C(=O)O. The van der Waals surface area contributed by atoms with Crippen LogP contribution in [0.1, 0.15) is 25.7 Å². The van der Waals surface area contributed by atoms with Crippen molar-refractivity contribution in [2.45, 2.75) is 25.7 Å². The highest BCUT2D eigenvalue weighted by atomic mass is 32.2. The van der Waals surface area contributed by atoms with Crippen molar-refractivity contribution in [1.82, 2.24) is 5.32 Å². The maximum atomic E-state index is 11.7. The van der Waals surface area contributed by atoms with Crippen LogP contribution >= 0.6 is 11.8 Å². The highest BCUT2D eigenvalue weighted by Gasteiger charge is 2.37. The van der Waals surface area contributed by atoms with Gasteiger partial charge in [-0.1, -0.05) is 6.42 Å². The smallest absolute Gasteiger partial charge is 0.307 e. The Morgan fingerprint density at radius 2 is 2.06 bits per heavy atom. The summed E-state index contributed by atoms with van der Waals surface area (Å²) in [5, 5.41) is 11.8. The van der Waals surface area contributed by atoms with Crippen LogP contribution in [0, 0.1) is 11.8 Å². The average molecular weight is 245 g/mol. The summed E-state index contributed by atoms with van der Waals surface area (Å²) >= 11 is 1.75. The third-order valence-electron chi connectivity index (χ3n) is 2.99. The minimum Gasteiger partial charge on any atom is -0.481 e. The zero-order valence-corrected chi connectivity index (χ0v) is 10.4. The van der Waals surface area contributed by atoms with E-state index in [1.807, 2.05) is 6.26 Å². The second-order valence-electron chi connectivity index (χ2n) is 4.12. The maximum Gasteiger partial charge on any atom is 0.307 e. The predicted octanol–water partition coefficient (Wildman–Crippen LogP) is 1.36. The number of carboxylic acids is 1. The second kappa shape index (κ2) is 6.78. The van der Waals surface area contributed by atoms with Crippen LogP contribution in [0.15, 0.2) is 0 Å². The molecule has 1 saturated carbocycles. The molecule has 1 fully saturated rings. The zero-order valence-electron chi connectivity index (χ0n) is 9.57. The molecule has 4 nitrogen and oxygen atoms in total. The number of carboxylic acid groups (broad SMARTS) is 1. The van der Waals surface area contributed by atoms with Crippen LogP contribution in [-0.2, 0) is 9.59 Å². The van der Waals surface area contributed by atoms with Gasteiger partial charge < -0.3 is 10.4 Å². The van der Waals surface area contributed by atoms with Gasteiger partial charge in [0.15, 0.2) is 0 Å². The first-order chi connectivity index (χ1) is 7.66. The number of amides is 1. The minimum absolute atomic E-state index is 0.0778. The van der Waals surface area contributed by atoms with Gasteiger partial charge in [0.1, 0.15) is 0 Å². The molecular formula is C11H19NO3S. The molecule has 16 heavy (non-hydrogen) atoms. The molecule has 2 atom stereocenters. The van der Waals surface area contributed by atoms with Gasteiger partial charge in [-0.15, -0.1) is 0 Å². The Kier molecular flexibility index (Phi) is 5.66. The van der Waals surface area contributed by atoms with Crippen LogP contribution in [0.3, 0.4) is 0 Å². The highest BCUT2D eigenvalue weighted by molar-refractivity contribution is 7.98. The Morgan fingerprint density at radius 3 is 2.69 bits per heavy atom. The van der Waals surface area contributed by atoms with Crippen molar-refractivity contribution in [3.05, 3.63) is 0 Å². The number of carbonyl (C=O) groups is 2. The number of hydrogen-bond donors (Lipinski definition) is 2. The molecule has 1 amide bonds. The Hall–Kier alpha value is -0.710. The molecular weight excluding hydrogens is 226 g/mol. The Balaban J connectivity index is 2.32. The number of aliphatic carboxylic acids is 1. The fraction of sp³-hybridized carbons (Fsp3) is 0.818. The molecule has 0 radical (unpaired) electrons. The van der Waals surface area contributed by atoms with Crippen LogP contribution in [0.2, 0.25) is 0 Å². The first-order valence-electron chi connectivity index (χ1n) is 5.66. The van der Waals surface area contributed by atoms with Gasteiger partial charge in [-0.3, -0.25) is 9.59 Å². The molecule has 2 N–H and O–H groups in total. The summed E-state index contributed by atoms with van der Waals surface area (Å²) in [6.45, 7) is 0.655. The third kappa shape index (κ3) is 3.70. The van der Waals surface area contributed by atoms with Crippen molar-refractivity contribution in [3.8, 4) is 0 Å². The molecule has 0 aromatic carbocycles. The van der Waals surface area contributed by atoms with Crippen LogP contribution in [0.5, 0.6) is 0 Å². The lowest BCUT2D eigenvalue weighted by Crippen LogP contribution is -2.35. The van der Waals surface area contributed by atoms with Crippen LogP contribution in [0.25, 0.3) is 0 Å². The minimum atomic E-state index is -0.832. The van der Waals surface area contributed by atoms with Crippen molar-refractivity contribution in [2.75, 3.05) is 18.6 Å². The standard InChI is InChI=1S/C11H19NO3S/c1-16-7-3-6-12-10(13)8-4-2-5-9(8)11(14)15/h8-9H,2-7H2,1H3,(H,12,13)(H,14,15). The Labute approximate surface area is 100 Å². The number of carbonyl (C=O) groups excluding carboxylic acids is 1. The van der Waals surface area contributed by atoms with Gasteiger partial charge in [-0.2, -0.15) is 11.8 Å². The van der Waals surface area contributed by atoms with E-state index in [1.165, 1.54) is 0 Å². The second-order valence-corrected chi connectivity index (χ2v) is 5.11. The van der Waals surface area contributed by atoms with Crippen LogP contribution in [0.4, 0.5) is 0 Å². The maximum absolute atomic E-state index is 11.7. The van der Waals surface area contributed by atoms with Crippen molar-refractivity contribution < 1.29 is 14.7 Å². The summed E-state index contributed by atoms with van der Waals surface area (Å²) in [5.41, 5.74) is 0. The first kappa shape index (κ1) is 13.4. The average Bonchev–Trinajstić information content (AvgIpc) is 2.73. The summed E-state index contributed by atoms with van der Waals surface area (Å²) < 4.78 is 0. The fourth-order valence-corrected chi connectivity index (χ4v) is 2.56. The van der Waals surface area contributed by atoms with E-state index in [2.05, 4.69) is 5.32 Å². The van der Waals surface area contributed by atoms with Gasteiger partial charge in [-0.25, -0.2) is 0 Å². The number of rotatable bonds is 6. The van der Waals surface area contributed by atoms with Gasteiger partial charge in [0.05, 0.1) is 11.8 Å². The van der Waals surface area contributed by atoms with Gasteiger partial charge >= 0.3 is 5.97 Å². The van der Waals surface area contributed by atoms with Gasteiger partial charge in [0, 0.05) is 6.54 Å². The molecule has 5 heteroatoms. The number of hydrogen-bond acceptors (Lipinski definition) is 3. The van der Waals surface area contributed by atoms with Gasteiger partial charge in [0.25, 0.3) is 0 Å². The monoisotopic (exact) mass is 245 g/mol. The number of nitrogens with one attached hydrogen (secondary N) is 1. The molecule has 0 spiro atoms. The fourth-order valence-electron chi connectivity index (χ4n) is 2.13. The lowest BCUT2D eigenvalue weighted by Gasteiger charge is -2.15. The summed E-state index contributed by atoms with van der Waals surface area (Å²) in [6, 6.07) is 0. The molecule has 0 heterocycles. The third-order valence-corrected chi connectivity index (χ3v) is 3.69. The molecule has 1 aliphatic carbocycles. The van der Waals surface area contributed by atoms with E-state index in [0.717, 1.165) is 18.6 Å². The van der Waals surface area contributed by atoms with Crippen LogP contribution in [-0.4, -0.2) is 35.5 Å². The lowest BCUT2D eigenvalue weighted by atomic mass is 9.95. The van der Waals surface area contributed by atoms with Crippen molar-refractivity contribution in [2.24, 2.45) is 11.8 Å². The molecule has 0 bridgehead atoms. The van der Waals surface area contributed by atoms with E-state index >= 15 is 0 Å². The molecule has 0 aromatic rings. The summed E-state index contributed by atoms with van der Waals surface area (Å²) in [7, 11) is 0. The quantitative estimate of drug-likeness (QED) is 0.693. The van der Waals surface area contributed by atoms with Gasteiger partial charge in [-0.05, 0) is 31.3 Å². The molecule has 2 unspecified atom stereocenters. The normalized spacial score (nSPS) is 24.3. The summed E-state index contributed by atoms with van der Waals surface area (Å²) in [5.74, 6) is -0.673. The first-order valence-corrected chi connectivity index (χ1v) is 7.05. The van der Waals surface area contributed by atoms with E-state index in [9.17, 15) is 9.59 Å². The molecule has 0 aliphatic heterocycles.